The van der Waals surface area contributed by atoms with Gasteiger partial charge in [0.25, 0.3) is 0 Å². The van der Waals surface area contributed by atoms with Crippen LogP contribution in [0.1, 0.15) is 0 Å². The maximum absolute atomic E-state index is 5.97. The second kappa shape index (κ2) is 2.75. The molecule has 0 unspecified atom stereocenters. The van der Waals surface area contributed by atoms with E-state index in [4.69, 9.17) is 16.0 Å². The molecular formula is C10H7ClN2O. The van der Waals surface area contributed by atoms with Crippen molar-refractivity contribution in [1.29, 1.82) is 0 Å². The molecule has 3 rings (SSSR count). The van der Waals surface area contributed by atoms with Crippen molar-refractivity contribution in [3.63, 3.8) is 0 Å². The standard InChI is InChI=1S/C10H7ClN2O/c11-10-9-8(12-5-13-10)6-3-1-2-4-7(6)14-9/h1-4,13H,5H2. The van der Waals surface area contributed by atoms with Gasteiger partial charge in [-0.15, -0.1) is 0 Å². The van der Waals surface area contributed by atoms with E-state index in [0.717, 1.165) is 16.3 Å². The summed E-state index contributed by atoms with van der Waals surface area (Å²) < 4.78 is 5.58. The molecule has 0 saturated carbocycles. The Labute approximate surface area is 84.7 Å². The van der Waals surface area contributed by atoms with Gasteiger partial charge in [0.2, 0.25) is 0 Å². The number of nitrogens with one attached hydrogen (secondary N) is 1. The van der Waals surface area contributed by atoms with Crippen LogP contribution in [0.25, 0.3) is 16.1 Å². The molecule has 1 aromatic heterocycles. The topological polar surface area (TPSA) is 37.5 Å². The Morgan fingerprint density at radius 3 is 3.14 bits per heavy atom. The Bertz CT molecular complexity index is 615. The lowest BCUT2D eigenvalue weighted by molar-refractivity contribution is 0.560. The van der Waals surface area contributed by atoms with Crippen LogP contribution in [0.4, 0.5) is 0 Å². The lowest BCUT2D eigenvalue weighted by atomic mass is 10.2. The first kappa shape index (κ1) is 7.88. The Kier molecular flexibility index (Phi) is 1.55. The van der Waals surface area contributed by atoms with Gasteiger partial charge in [-0.2, -0.15) is 0 Å². The lowest BCUT2D eigenvalue weighted by Crippen LogP contribution is -2.33. The highest BCUT2D eigenvalue weighted by Crippen LogP contribution is 2.08. The molecule has 0 spiro atoms. The molecule has 14 heavy (non-hydrogen) atoms. The summed E-state index contributed by atoms with van der Waals surface area (Å²) in [6, 6.07) is 7.78. The number of para-hydroxylation sites is 1. The van der Waals surface area contributed by atoms with Crippen LogP contribution < -0.4 is 16.1 Å². The molecule has 1 aromatic carbocycles. The molecule has 0 amide bonds. The number of fused-ring (bicyclic) bond motifs is 3. The van der Waals surface area contributed by atoms with E-state index in [0.29, 0.717) is 17.2 Å². The summed E-state index contributed by atoms with van der Waals surface area (Å²) >= 11 is 5.97. The average molecular weight is 207 g/mol. The molecule has 0 bridgehead atoms. The van der Waals surface area contributed by atoms with E-state index in [1.54, 1.807) is 0 Å². The van der Waals surface area contributed by atoms with Crippen LogP contribution in [0.5, 0.6) is 0 Å². The Balaban J connectivity index is 2.63. The summed E-state index contributed by atoms with van der Waals surface area (Å²) in [4.78, 5) is 4.32. The third-order valence-electron chi connectivity index (χ3n) is 2.24. The van der Waals surface area contributed by atoms with Gasteiger partial charge in [0, 0.05) is 5.39 Å². The molecule has 0 atom stereocenters. The van der Waals surface area contributed by atoms with Crippen molar-refractivity contribution in [3.05, 3.63) is 35.0 Å². The SMILES string of the molecule is ClC1=c2oc3ccccc3c2=NCN1. The number of furan rings is 1. The molecule has 0 radical (unpaired) electrons. The molecule has 0 fully saturated rings. The van der Waals surface area contributed by atoms with Crippen LogP contribution in [0.15, 0.2) is 33.7 Å². The van der Waals surface area contributed by atoms with Crippen molar-refractivity contribution in [2.45, 2.75) is 0 Å². The zero-order chi connectivity index (χ0) is 9.54. The van der Waals surface area contributed by atoms with Crippen LogP contribution in [0, 0.1) is 0 Å². The van der Waals surface area contributed by atoms with E-state index in [9.17, 15) is 0 Å². The van der Waals surface area contributed by atoms with Crippen LogP contribution in [-0.4, -0.2) is 6.67 Å². The zero-order valence-electron chi connectivity index (χ0n) is 7.25. The van der Waals surface area contributed by atoms with Gasteiger partial charge in [-0.05, 0) is 12.1 Å². The molecule has 2 aromatic rings. The van der Waals surface area contributed by atoms with Crippen molar-refractivity contribution in [2.24, 2.45) is 4.99 Å². The van der Waals surface area contributed by atoms with Crippen molar-refractivity contribution in [1.82, 2.24) is 5.32 Å². The van der Waals surface area contributed by atoms with Crippen LogP contribution in [-0.2, 0) is 0 Å². The molecular weight excluding hydrogens is 200 g/mol. The predicted molar refractivity (Wildman–Crippen MR) is 54.3 cm³/mol. The number of benzene rings is 1. The minimum absolute atomic E-state index is 0.509. The molecule has 0 aliphatic carbocycles. The summed E-state index contributed by atoms with van der Waals surface area (Å²) in [6.45, 7) is 0.509. The smallest absolute Gasteiger partial charge is 0.188 e. The quantitative estimate of drug-likeness (QED) is 0.651. The molecule has 70 valence electrons. The molecule has 1 aliphatic heterocycles. The number of hydrogen-bond donors (Lipinski definition) is 1. The Morgan fingerprint density at radius 1 is 1.36 bits per heavy atom. The Hall–Kier alpha value is -1.48. The van der Waals surface area contributed by atoms with E-state index >= 15 is 0 Å². The fourth-order valence-corrected chi connectivity index (χ4v) is 1.79. The van der Waals surface area contributed by atoms with Crippen molar-refractivity contribution >= 4 is 27.7 Å². The Morgan fingerprint density at radius 2 is 2.21 bits per heavy atom. The largest absolute Gasteiger partial charge is 0.451 e. The predicted octanol–water partition coefficient (Wildman–Crippen LogP) is 0.918. The second-order valence-corrected chi connectivity index (χ2v) is 3.46. The van der Waals surface area contributed by atoms with Gasteiger partial charge < -0.3 is 9.73 Å². The van der Waals surface area contributed by atoms with Gasteiger partial charge in [0.15, 0.2) is 5.42 Å². The van der Waals surface area contributed by atoms with Gasteiger partial charge in [-0.1, -0.05) is 23.7 Å². The lowest BCUT2D eigenvalue weighted by Gasteiger charge is -2.01. The van der Waals surface area contributed by atoms with E-state index < -0.39 is 0 Å². The first-order chi connectivity index (χ1) is 6.86. The number of rotatable bonds is 0. The highest BCUT2D eigenvalue weighted by molar-refractivity contribution is 6.44. The monoisotopic (exact) mass is 206 g/mol. The third-order valence-corrected chi connectivity index (χ3v) is 2.55. The fraction of sp³-hybridized carbons (Fsp3) is 0.100. The van der Waals surface area contributed by atoms with E-state index in [1.165, 1.54) is 0 Å². The summed E-state index contributed by atoms with van der Waals surface area (Å²) in [6.07, 6.45) is 0. The maximum atomic E-state index is 5.97. The molecule has 1 N–H and O–H groups in total. The van der Waals surface area contributed by atoms with Crippen molar-refractivity contribution in [3.8, 4) is 0 Å². The van der Waals surface area contributed by atoms with Crippen LogP contribution in [0.3, 0.4) is 0 Å². The number of hydrogen-bond acceptors (Lipinski definition) is 3. The van der Waals surface area contributed by atoms with E-state index in [-0.39, 0.29) is 0 Å². The van der Waals surface area contributed by atoms with Crippen molar-refractivity contribution < 1.29 is 4.42 Å². The van der Waals surface area contributed by atoms with Gasteiger partial charge >= 0.3 is 0 Å². The van der Waals surface area contributed by atoms with Gasteiger partial charge in [0.05, 0.1) is 0 Å². The minimum atomic E-state index is 0.509. The van der Waals surface area contributed by atoms with E-state index in [2.05, 4.69) is 10.3 Å². The normalized spacial score (nSPS) is 14.8. The van der Waals surface area contributed by atoms with E-state index in [1.807, 2.05) is 24.3 Å². The highest BCUT2D eigenvalue weighted by atomic mass is 35.5. The molecule has 2 heterocycles. The summed E-state index contributed by atoms with van der Waals surface area (Å²) in [5.74, 6) is 0. The molecule has 1 aliphatic rings. The zero-order valence-corrected chi connectivity index (χ0v) is 8.01. The second-order valence-electron chi connectivity index (χ2n) is 3.08. The maximum Gasteiger partial charge on any atom is 0.188 e. The summed E-state index contributed by atoms with van der Waals surface area (Å²) in [7, 11) is 0. The van der Waals surface area contributed by atoms with Gasteiger partial charge in [-0.3, -0.25) is 4.99 Å². The summed E-state index contributed by atoms with van der Waals surface area (Å²) in [5.41, 5.74) is 1.46. The first-order valence-electron chi connectivity index (χ1n) is 4.32. The minimum Gasteiger partial charge on any atom is -0.451 e. The number of halogens is 1. The summed E-state index contributed by atoms with van der Waals surface area (Å²) in [5, 5.41) is 5.32. The average Bonchev–Trinajstić information content (AvgIpc) is 2.59. The third kappa shape index (κ3) is 0.960. The highest BCUT2D eigenvalue weighted by Gasteiger charge is 2.09. The molecule has 4 heteroatoms. The van der Waals surface area contributed by atoms with Crippen LogP contribution >= 0.6 is 11.6 Å². The molecule has 0 saturated heterocycles. The van der Waals surface area contributed by atoms with Crippen molar-refractivity contribution in [2.75, 3.05) is 6.67 Å². The fourth-order valence-electron chi connectivity index (χ4n) is 1.61. The van der Waals surface area contributed by atoms with Gasteiger partial charge in [0.1, 0.15) is 22.8 Å². The van der Waals surface area contributed by atoms with Gasteiger partial charge in [-0.25, -0.2) is 0 Å². The van der Waals surface area contributed by atoms with Crippen LogP contribution in [0.2, 0.25) is 0 Å². The number of nitrogens with zero attached hydrogens (tertiary/aromatic N) is 1. The molecule has 3 nitrogen and oxygen atoms in total. The first-order valence-corrected chi connectivity index (χ1v) is 4.70.